The van der Waals surface area contributed by atoms with Gasteiger partial charge in [-0.1, -0.05) is 6.92 Å². The number of carbonyl (C=O) groups is 2. The summed E-state index contributed by atoms with van der Waals surface area (Å²) in [4.78, 5) is 20.5. The van der Waals surface area contributed by atoms with E-state index in [1.54, 1.807) is 6.92 Å². The highest BCUT2D eigenvalue weighted by molar-refractivity contribution is 5.71. The monoisotopic (exact) mass is 174 g/mol. The van der Waals surface area contributed by atoms with Crippen molar-refractivity contribution in [3.63, 3.8) is 0 Å². The highest BCUT2D eigenvalue weighted by atomic mass is 16.4. The lowest BCUT2D eigenvalue weighted by atomic mass is 10.1. The maximum atomic E-state index is 10.3. The Morgan fingerprint density at radius 2 is 2.17 bits per heavy atom. The normalized spacial score (nSPS) is 12.1. The largest absolute Gasteiger partial charge is 0.481 e. The second-order valence-electron chi connectivity index (χ2n) is 2.67. The van der Waals surface area contributed by atoms with Crippen LogP contribution in [-0.2, 0) is 4.79 Å². The SMILES string of the molecule is C[C@H](CCCNC(N)=O)C(=O)O. The summed E-state index contributed by atoms with van der Waals surface area (Å²) in [5, 5.41) is 10.9. The van der Waals surface area contributed by atoms with E-state index in [2.05, 4.69) is 5.32 Å². The molecule has 0 aromatic carbocycles. The molecule has 0 aliphatic rings. The van der Waals surface area contributed by atoms with Gasteiger partial charge in [0.1, 0.15) is 0 Å². The molecule has 2 amide bonds. The Morgan fingerprint density at radius 1 is 1.58 bits per heavy atom. The molecule has 0 unspecified atom stereocenters. The van der Waals surface area contributed by atoms with Crippen LogP contribution in [0.4, 0.5) is 4.79 Å². The van der Waals surface area contributed by atoms with Crippen molar-refractivity contribution in [1.82, 2.24) is 5.32 Å². The first-order valence-corrected chi connectivity index (χ1v) is 3.80. The van der Waals surface area contributed by atoms with Crippen molar-refractivity contribution in [3.05, 3.63) is 0 Å². The fourth-order valence-corrected chi connectivity index (χ4v) is 0.743. The van der Waals surface area contributed by atoms with E-state index in [9.17, 15) is 9.59 Å². The van der Waals surface area contributed by atoms with Crippen molar-refractivity contribution < 1.29 is 14.7 Å². The van der Waals surface area contributed by atoms with Crippen LogP contribution < -0.4 is 11.1 Å². The topological polar surface area (TPSA) is 92.4 Å². The Labute approximate surface area is 70.9 Å². The van der Waals surface area contributed by atoms with Crippen LogP contribution >= 0.6 is 0 Å². The fourth-order valence-electron chi connectivity index (χ4n) is 0.743. The summed E-state index contributed by atoms with van der Waals surface area (Å²) in [6, 6.07) is -0.571. The van der Waals surface area contributed by atoms with Crippen molar-refractivity contribution in [3.8, 4) is 0 Å². The molecule has 1 atom stereocenters. The number of nitrogens with two attached hydrogens (primary N) is 1. The van der Waals surface area contributed by atoms with Gasteiger partial charge in [-0.25, -0.2) is 4.79 Å². The number of rotatable bonds is 5. The number of hydrogen-bond acceptors (Lipinski definition) is 2. The molecule has 5 nitrogen and oxygen atoms in total. The number of carboxylic acids is 1. The molecule has 0 rings (SSSR count). The summed E-state index contributed by atoms with van der Waals surface area (Å²) in [7, 11) is 0. The third-order valence-electron chi connectivity index (χ3n) is 1.53. The lowest BCUT2D eigenvalue weighted by Crippen LogP contribution is -2.30. The second kappa shape index (κ2) is 5.40. The van der Waals surface area contributed by atoms with Crippen LogP contribution in [-0.4, -0.2) is 23.7 Å². The number of hydrogen-bond donors (Lipinski definition) is 3. The quantitative estimate of drug-likeness (QED) is 0.518. The molecule has 0 saturated carbocycles. The molecule has 5 heteroatoms. The number of nitrogens with one attached hydrogen (secondary N) is 1. The minimum Gasteiger partial charge on any atom is -0.481 e. The van der Waals surface area contributed by atoms with E-state index in [4.69, 9.17) is 10.8 Å². The van der Waals surface area contributed by atoms with Crippen molar-refractivity contribution >= 4 is 12.0 Å². The maximum Gasteiger partial charge on any atom is 0.312 e. The van der Waals surface area contributed by atoms with E-state index < -0.39 is 12.0 Å². The van der Waals surface area contributed by atoms with Gasteiger partial charge in [0, 0.05) is 6.54 Å². The zero-order valence-corrected chi connectivity index (χ0v) is 7.04. The second-order valence-corrected chi connectivity index (χ2v) is 2.67. The molecule has 0 bridgehead atoms. The molecular weight excluding hydrogens is 160 g/mol. The van der Waals surface area contributed by atoms with Crippen LogP contribution in [0.25, 0.3) is 0 Å². The molecule has 0 fully saturated rings. The van der Waals surface area contributed by atoms with E-state index >= 15 is 0 Å². The van der Waals surface area contributed by atoms with Crippen LogP contribution in [0.2, 0.25) is 0 Å². The Hall–Kier alpha value is -1.26. The summed E-state index contributed by atoms with van der Waals surface area (Å²) in [5.41, 5.74) is 4.80. The maximum absolute atomic E-state index is 10.3. The standard InChI is InChI=1S/C7H14N2O3/c1-5(6(10)11)3-2-4-9-7(8)12/h5H,2-4H2,1H3,(H,10,11)(H3,8,9,12)/t5-/m1/s1. The molecule has 0 aliphatic carbocycles. The lowest BCUT2D eigenvalue weighted by molar-refractivity contribution is -0.141. The first-order valence-electron chi connectivity index (χ1n) is 3.80. The highest BCUT2D eigenvalue weighted by Crippen LogP contribution is 2.03. The van der Waals surface area contributed by atoms with Crippen LogP contribution in [0.15, 0.2) is 0 Å². The Kier molecular flexibility index (Phi) is 4.83. The molecule has 0 radical (unpaired) electrons. The number of carboxylic acid groups (broad SMARTS) is 1. The molecule has 4 N–H and O–H groups in total. The van der Waals surface area contributed by atoms with E-state index in [0.717, 1.165) is 0 Å². The molecular formula is C7H14N2O3. The summed E-state index contributed by atoms with van der Waals surface area (Å²) in [6.45, 7) is 2.07. The number of urea groups is 1. The van der Waals surface area contributed by atoms with Gasteiger partial charge in [0.2, 0.25) is 0 Å². The first kappa shape index (κ1) is 10.7. The molecule has 0 saturated heterocycles. The van der Waals surface area contributed by atoms with E-state index in [-0.39, 0.29) is 5.92 Å². The predicted molar refractivity (Wildman–Crippen MR) is 43.6 cm³/mol. The minimum atomic E-state index is -0.811. The summed E-state index contributed by atoms with van der Waals surface area (Å²) in [5.74, 6) is -1.17. The first-order chi connectivity index (χ1) is 5.54. The van der Waals surface area contributed by atoms with E-state index in [1.807, 2.05) is 0 Å². The third-order valence-corrected chi connectivity index (χ3v) is 1.53. The highest BCUT2D eigenvalue weighted by Gasteiger charge is 2.09. The lowest BCUT2D eigenvalue weighted by Gasteiger charge is -2.05. The summed E-state index contributed by atoms with van der Waals surface area (Å²) >= 11 is 0. The van der Waals surface area contributed by atoms with Gasteiger partial charge in [-0.05, 0) is 12.8 Å². The summed E-state index contributed by atoms with van der Waals surface area (Å²) < 4.78 is 0. The fraction of sp³-hybridized carbons (Fsp3) is 0.714. The van der Waals surface area contributed by atoms with Crippen molar-refractivity contribution in [2.24, 2.45) is 11.7 Å². The molecule has 0 spiro atoms. The molecule has 0 aromatic heterocycles. The van der Waals surface area contributed by atoms with Gasteiger partial charge in [-0.3, -0.25) is 4.79 Å². The molecule has 0 aliphatic heterocycles. The van der Waals surface area contributed by atoms with Gasteiger partial charge in [0.05, 0.1) is 5.92 Å². The van der Waals surface area contributed by atoms with Crippen LogP contribution in [0.5, 0.6) is 0 Å². The van der Waals surface area contributed by atoms with Gasteiger partial charge in [-0.2, -0.15) is 0 Å². The van der Waals surface area contributed by atoms with Crippen molar-refractivity contribution in [1.29, 1.82) is 0 Å². The van der Waals surface area contributed by atoms with Gasteiger partial charge in [0.25, 0.3) is 0 Å². The van der Waals surface area contributed by atoms with E-state index in [1.165, 1.54) is 0 Å². The number of aliphatic carboxylic acids is 1. The number of amides is 2. The zero-order valence-electron chi connectivity index (χ0n) is 7.04. The van der Waals surface area contributed by atoms with Crippen LogP contribution in [0.3, 0.4) is 0 Å². The number of primary amides is 1. The van der Waals surface area contributed by atoms with Gasteiger partial charge in [-0.15, -0.1) is 0 Å². The zero-order chi connectivity index (χ0) is 9.56. The molecule has 70 valence electrons. The Balaban J connectivity index is 3.31. The van der Waals surface area contributed by atoms with Gasteiger partial charge >= 0.3 is 12.0 Å². The Bertz CT molecular complexity index is 170. The number of carbonyl (C=O) groups excluding carboxylic acids is 1. The molecule has 12 heavy (non-hydrogen) atoms. The predicted octanol–water partition coefficient (Wildman–Crippen LogP) is 0.156. The van der Waals surface area contributed by atoms with Gasteiger partial charge < -0.3 is 16.2 Å². The molecule has 0 aromatic rings. The van der Waals surface area contributed by atoms with Crippen molar-refractivity contribution in [2.45, 2.75) is 19.8 Å². The van der Waals surface area contributed by atoms with Crippen molar-refractivity contribution in [2.75, 3.05) is 6.54 Å². The van der Waals surface area contributed by atoms with E-state index in [0.29, 0.717) is 19.4 Å². The minimum absolute atomic E-state index is 0.361. The third kappa shape index (κ3) is 5.52. The Morgan fingerprint density at radius 3 is 2.58 bits per heavy atom. The average Bonchev–Trinajstić information content (AvgIpc) is 1.97. The molecule has 0 heterocycles. The van der Waals surface area contributed by atoms with Crippen LogP contribution in [0.1, 0.15) is 19.8 Å². The average molecular weight is 174 g/mol. The van der Waals surface area contributed by atoms with Crippen LogP contribution in [0, 0.1) is 5.92 Å². The summed E-state index contributed by atoms with van der Waals surface area (Å²) in [6.07, 6.45) is 1.19. The van der Waals surface area contributed by atoms with Gasteiger partial charge in [0.15, 0.2) is 0 Å². The smallest absolute Gasteiger partial charge is 0.312 e.